The van der Waals surface area contributed by atoms with Crippen molar-refractivity contribution in [3.63, 3.8) is 0 Å². The number of hydrogen-bond donors (Lipinski definition) is 1. The molecule has 0 spiro atoms. The summed E-state index contributed by atoms with van der Waals surface area (Å²) in [5.74, 6) is 0.868. The van der Waals surface area contributed by atoms with Gasteiger partial charge in [0.25, 0.3) is 0 Å². The standard InChI is InChI=1S/C15H15Br2NO/c1-18-15(10-3-6-12(19-2)7-4-10)13-9-11(16)5-8-14(13)17/h3-9,15,18H,1-2H3. The number of benzene rings is 2. The molecule has 100 valence electrons. The van der Waals surface area contributed by atoms with Crippen LogP contribution in [0.15, 0.2) is 51.4 Å². The highest BCUT2D eigenvalue weighted by atomic mass is 79.9. The average Bonchev–Trinajstić information content (AvgIpc) is 2.44. The Morgan fingerprint density at radius 1 is 1.05 bits per heavy atom. The van der Waals surface area contributed by atoms with Gasteiger partial charge in [0.05, 0.1) is 13.2 Å². The van der Waals surface area contributed by atoms with Crippen molar-refractivity contribution in [3.05, 3.63) is 62.5 Å². The van der Waals surface area contributed by atoms with E-state index < -0.39 is 0 Å². The Bertz CT molecular complexity index is 555. The summed E-state index contributed by atoms with van der Waals surface area (Å²) >= 11 is 7.13. The fourth-order valence-corrected chi connectivity index (χ4v) is 2.89. The molecule has 1 atom stereocenters. The number of rotatable bonds is 4. The zero-order valence-corrected chi connectivity index (χ0v) is 14.0. The van der Waals surface area contributed by atoms with Crippen molar-refractivity contribution in [3.8, 4) is 5.75 Å². The molecule has 0 aliphatic rings. The molecule has 0 heterocycles. The Labute approximate surface area is 130 Å². The van der Waals surface area contributed by atoms with E-state index >= 15 is 0 Å². The highest BCUT2D eigenvalue weighted by Gasteiger charge is 2.15. The summed E-state index contributed by atoms with van der Waals surface area (Å²) in [4.78, 5) is 0. The van der Waals surface area contributed by atoms with Crippen LogP contribution in [-0.2, 0) is 0 Å². The lowest BCUT2D eigenvalue weighted by molar-refractivity contribution is 0.414. The Morgan fingerprint density at radius 3 is 2.32 bits per heavy atom. The van der Waals surface area contributed by atoms with Crippen LogP contribution in [0.4, 0.5) is 0 Å². The van der Waals surface area contributed by atoms with Gasteiger partial charge >= 0.3 is 0 Å². The summed E-state index contributed by atoms with van der Waals surface area (Å²) in [6.45, 7) is 0. The minimum Gasteiger partial charge on any atom is -0.497 e. The van der Waals surface area contributed by atoms with Crippen molar-refractivity contribution < 1.29 is 4.74 Å². The Hall–Kier alpha value is -0.840. The van der Waals surface area contributed by atoms with Crippen LogP contribution in [0, 0.1) is 0 Å². The van der Waals surface area contributed by atoms with Gasteiger partial charge in [-0.3, -0.25) is 0 Å². The molecule has 0 aliphatic carbocycles. The summed E-state index contributed by atoms with van der Waals surface area (Å²) in [6, 6.07) is 14.4. The van der Waals surface area contributed by atoms with Gasteiger partial charge in [0.15, 0.2) is 0 Å². The predicted molar refractivity (Wildman–Crippen MR) is 85.7 cm³/mol. The molecule has 0 bridgehead atoms. The monoisotopic (exact) mass is 383 g/mol. The maximum Gasteiger partial charge on any atom is 0.118 e. The van der Waals surface area contributed by atoms with Crippen molar-refractivity contribution in [2.45, 2.75) is 6.04 Å². The fourth-order valence-electron chi connectivity index (χ4n) is 2.03. The van der Waals surface area contributed by atoms with Gasteiger partial charge in [-0.2, -0.15) is 0 Å². The number of methoxy groups -OCH3 is 1. The van der Waals surface area contributed by atoms with Crippen LogP contribution in [0.2, 0.25) is 0 Å². The first-order chi connectivity index (χ1) is 9.15. The molecule has 2 rings (SSSR count). The summed E-state index contributed by atoms with van der Waals surface area (Å²) in [5.41, 5.74) is 2.39. The van der Waals surface area contributed by atoms with Gasteiger partial charge in [0, 0.05) is 8.95 Å². The molecule has 0 aliphatic heterocycles. The average molecular weight is 385 g/mol. The molecule has 0 fully saturated rings. The maximum absolute atomic E-state index is 5.19. The highest BCUT2D eigenvalue weighted by Crippen LogP contribution is 2.31. The van der Waals surface area contributed by atoms with Crippen LogP contribution in [0.5, 0.6) is 5.75 Å². The van der Waals surface area contributed by atoms with Crippen LogP contribution in [0.25, 0.3) is 0 Å². The SMILES string of the molecule is CNC(c1ccc(OC)cc1)c1cc(Br)ccc1Br. The maximum atomic E-state index is 5.19. The summed E-state index contributed by atoms with van der Waals surface area (Å²) in [5, 5.41) is 3.35. The lowest BCUT2D eigenvalue weighted by Gasteiger charge is -2.19. The van der Waals surface area contributed by atoms with E-state index in [2.05, 4.69) is 55.4 Å². The first kappa shape index (κ1) is 14.6. The first-order valence-electron chi connectivity index (χ1n) is 5.92. The second-order valence-corrected chi connectivity index (χ2v) is 5.93. The number of nitrogens with one attached hydrogen (secondary N) is 1. The van der Waals surface area contributed by atoms with Crippen molar-refractivity contribution in [1.29, 1.82) is 0 Å². The van der Waals surface area contributed by atoms with Gasteiger partial charge in [0.2, 0.25) is 0 Å². The van der Waals surface area contributed by atoms with Gasteiger partial charge in [0.1, 0.15) is 5.75 Å². The van der Waals surface area contributed by atoms with Crippen LogP contribution < -0.4 is 10.1 Å². The van der Waals surface area contributed by atoms with Crippen molar-refractivity contribution in [2.24, 2.45) is 0 Å². The van der Waals surface area contributed by atoms with Gasteiger partial charge < -0.3 is 10.1 Å². The minimum atomic E-state index is 0.137. The molecular weight excluding hydrogens is 370 g/mol. The topological polar surface area (TPSA) is 21.3 Å². The highest BCUT2D eigenvalue weighted by molar-refractivity contribution is 9.11. The third-order valence-electron chi connectivity index (χ3n) is 3.01. The quantitative estimate of drug-likeness (QED) is 0.836. The predicted octanol–water partition coefficient (Wildman–Crippen LogP) is 4.53. The lowest BCUT2D eigenvalue weighted by atomic mass is 9.99. The Morgan fingerprint density at radius 2 is 1.74 bits per heavy atom. The van der Waals surface area contributed by atoms with E-state index in [0.717, 1.165) is 14.7 Å². The van der Waals surface area contributed by atoms with Crippen LogP contribution in [0.3, 0.4) is 0 Å². The zero-order chi connectivity index (χ0) is 13.8. The first-order valence-corrected chi connectivity index (χ1v) is 7.50. The Kier molecular flexibility index (Phi) is 5.02. The van der Waals surface area contributed by atoms with Gasteiger partial charge in [-0.05, 0) is 48.5 Å². The molecule has 0 saturated carbocycles. The molecule has 2 nitrogen and oxygen atoms in total. The van der Waals surface area contributed by atoms with E-state index in [1.165, 1.54) is 11.1 Å². The van der Waals surface area contributed by atoms with Crippen LogP contribution >= 0.6 is 31.9 Å². The second kappa shape index (κ2) is 6.55. The van der Waals surface area contributed by atoms with E-state index in [4.69, 9.17) is 4.74 Å². The third kappa shape index (κ3) is 3.38. The van der Waals surface area contributed by atoms with Gasteiger partial charge in [-0.1, -0.05) is 44.0 Å². The number of ether oxygens (including phenoxy) is 1. The van der Waals surface area contributed by atoms with Crippen molar-refractivity contribution in [1.82, 2.24) is 5.32 Å². The van der Waals surface area contributed by atoms with Gasteiger partial charge in [-0.25, -0.2) is 0 Å². The van der Waals surface area contributed by atoms with E-state index in [1.54, 1.807) is 7.11 Å². The minimum absolute atomic E-state index is 0.137. The molecular formula is C15H15Br2NO. The molecule has 0 aromatic heterocycles. The number of halogens is 2. The molecule has 4 heteroatoms. The largest absolute Gasteiger partial charge is 0.497 e. The van der Waals surface area contributed by atoms with E-state index in [-0.39, 0.29) is 6.04 Å². The molecule has 1 N–H and O–H groups in total. The smallest absolute Gasteiger partial charge is 0.118 e. The number of hydrogen-bond acceptors (Lipinski definition) is 2. The van der Waals surface area contributed by atoms with E-state index in [9.17, 15) is 0 Å². The molecule has 19 heavy (non-hydrogen) atoms. The normalized spacial score (nSPS) is 12.2. The van der Waals surface area contributed by atoms with E-state index in [1.807, 2.05) is 31.3 Å². The van der Waals surface area contributed by atoms with Crippen molar-refractivity contribution in [2.75, 3.05) is 14.2 Å². The zero-order valence-electron chi connectivity index (χ0n) is 10.8. The lowest BCUT2D eigenvalue weighted by Crippen LogP contribution is -2.18. The molecule has 1 unspecified atom stereocenters. The Balaban J connectivity index is 2.40. The summed E-state index contributed by atoms with van der Waals surface area (Å²) in [7, 11) is 3.64. The summed E-state index contributed by atoms with van der Waals surface area (Å²) in [6.07, 6.45) is 0. The molecule has 2 aromatic rings. The van der Waals surface area contributed by atoms with Crippen molar-refractivity contribution >= 4 is 31.9 Å². The third-order valence-corrected chi connectivity index (χ3v) is 4.22. The molecule has 0 amide bonds. The van der Waals surface area contributed by atoms with Crippen LogP contribution in [0.1, 0.15) is 17.2 Å². The van der Waals surface area contributed by atoms with Gasteiger partial charge in [-0.15, -0.1) is 0 Å². The molecule has 2 aromatic carbocycles. The molecule has 0 radical (unpaired) electrons. The fraction of sp³-hybridized carbons (Fsp3) is 0.200. The molecule has 0 saturated heterocycles. The van der Waals surface area contributed by atoms with Crippen LogP contribution in [-0.4, -0.2) is 14.2 Å². The van der Waals surface area contributed by atoms with E-state index in [0.29, 0.717) is 0 Å². The summed E-state index contributed by atoms with van der Waals surface area (Å²) < 4.78 is 7.35. The second-order valence-electron chi connectivity index (χ2n) is 4.16.